The topological polar surface area (TPSA) is 105 Å². The molecule has 2 unspecified atom stereocenters. The highest BCUT2D eigenvalue weighted by molar-refractivity contribution is 6.34. The Morgan fingerprint density at radius 1 is 1.09 bits per heavy atom. The zero-order chi connectivity index (χ0) is 24.6. The van der Waals surface area contributed by atoms with Crippen LogP contribution in [0.2, 0.25) is 0 Å². The molecule has 0 bridgehead atoms. The van der Waals surface area contributed by atoms with Crippen LogP contribution in [0, 0.1) is 5.41 Å². The summed E-state index contributed by atoms with van der Waals surface area (Å²) in [6.07, 6.45) is 4.02. The number of esters is 1. The highest BCUT2D eigenvalue weighted by atomic mass is 16.5. The van der Waals surface area contributed by atoms with Gasteiger partial charge in [0, 0.05) is 30.1 Å². The van der Waals surface area contributed by atoms with Crippen LogP contribution in [0.1, 0.15) is 62.5 Å². The smallest absolute Gasteiger partial charge is 0.375 e. The van der Waals surface area contributed by atoms with Crippen LogP contribution in [0.3, 0.4) is 0 Å². The number of nitrogens with one attached hydrogen (secondary N) is 2. The molecule has 4 atom stereocenters. The fraction of sp³-hybridized carbons (Fsp3) is 0.464. The molecule has 0 saturated heterocycles. The Hall–Kier alpha value is -3.19. The van der Waals surface area contributed by atoms with Gasteiger partial charge in [0.1, 0.15) is 12.1 Å². The summed E-state index contributed by atoms with van der Waals surface area (Å²) in [6, 6.07) is 17.0. The van der Waals surface area contributed by atoms with Gasteiger partial charge in [0.25, 0.3) is 0 Å². The molecule has 1 aliphatic heterocycles. The van der Waals surface area contributed by atoms with Crippen LogP contribution in [0.25, 0.3) is 0 Å². The van der Waals surface area contributed by atoms with Crippen molar-refractivity contribution in [3.63, 3.8) is 0 Å². The van der Waals surface area contributed by atoms with Crippen LogP contribution in [0.15, 0.2) is 54.6 Å². The lowest BCUT2D eigenvalue weighted by molar-refractivity contribution is -0.159. The number of carboxylic acids is 1. The van der Waals surface area contributed by atoms with E-state index in [1.54, 1.807) is 12.1 Å². The minimum atomic E-state index is -1.61. The molecule has 7 heteroatoms. The molecule has 2 fully saturated rings. The summed E-state index contributed by atoms with van der Waals surface area (Å²) in [5, 5.41) is 17.7. The monoisotopic (exact) mass is 476 g/mol. The Morgan fingerprint density at radius 2 is 1.80 bits per heavy atom. The molecule has 0 aromatic heterocycles. The van der Waals surface area contributed by atoms with Crippen molar-refractivity contribution in [2.75, 3.05) is 5.32 Å². The second-order valence-corrected chi connectivity index (χ2v) is 10.5. The van der Waals surface area contributed by atoms with Crippen molar-refractivity contribution in [3.05, 3.63) is 65.7 Å². The number of carbonyl (C=O) groups is 3. The maximum Gasteiger partial charge on any atom is 0.375 e. The number of carbonyl (C=O) groups excluding carboxylic acids is 2. The predicted molar refractivity (Wildman–Crippen MR) is 131 cm³/mol. The van der Waals surface area contributed by atoms with Gasteiger partial charge < -0.3 is 15.2 Å². The molecule has 1 heterocycles. The summed E-state index contributed by atoms with van der Waals surface area (Å²) in [7, 11) is 0. The Morgan fingerprint density at radius 3 is 2.51 bits per heavy atom. The molecular formula is C28H32N2O5. The highest BCUT2D eigenvalue weighted by Gasteiger charge is 2.62. The van der Waals surface area contributed by atoms with E-state index in [0.717, 1.165) is 48.9 Å². The Bertz CT molecular complexity index is 1130. The fourth-order valence-corrected chi connectivity index (χ4v) is 6.24. The SMILES string of the molecule is C[C@]12CCC[C@H]1Nc1ccccc1C2C(CC(=O)C(=O)OCc1ccccc1)(NC1CC1)C(=O)O. The van der Waals surface area contributed by atoms with Gasteiger partial charge in [-0.2, -0.15) is 0 Å². The van der Waals surface area contributed by atoms with E-state index in [0.29, 0.717) is 0 Å². The number of fused-ring (bicyclic) bond motifs is 2. The summed E-state index contributed by atoms with van der Waals surface area (Å²) < 4.78 is 5.28. The predicted octanol–water partition coefficient (Wildman–Crippen LogP) is 4.03. The van der Waals surface area contributed by atoms with Gasteiger partial charge in [0.05, 0.1) is 0 Å². The second-order valence-electron chi connectivity index (χ2n) is 10.5. The molecule has 2 saturated carbocycles. The number of carboxylic acid groups (broad SMARTS) is 1. The maximum absolute atomic E-state index is 13.2. The molecule has 2 aromatic carbocycles. The van der Waals surface area contributed by atoms with Crippen LogP contribution in [0.5, 0.6) is 0 Å². The first-order valence-electron chi connectivity index (χ1n) is 12.4. The summed E-state index contributed by atoms with van der Waals surface area (Å²) in [4.78, 5) is 39.2. The quantitative estimate of drug-likeness (QED) is 0.371. The normalized spacial score (nSPS) is 26.5. The van der Waals surface area contributed by atoms with Crippen molar-refractivity contribution in [1.82, 2.24) is 5.32 Å². The summed E-state index contributed by atoms with van der Waals surface area (Å²) in [5.74, 6) is -3.39. The number of para-hydroxylation sites is 1. The number of hydrogen-bond donors (Lipinski definition) is 3. The van der Waals surface area contributed by atoms with Crippen molar-refractivity contribution in [2.45, 2.75) is 75.6 Å². The molecule has 7 nitrogen and oxygen atoms in total. The van der Waals surface area contributed by atoms with Crippen molar-refractivity contribution in [3.8, 4) is 0 Å². The van der Waals surface area contributed by atoms with Crippen molar-refractivity contribution in [1.29, 1.82) is 0 Å². The lowest BCUT2D eigenvalue weighted by Gasteiger charge is -2.52. The molecule has 3 N–H and O–H groups in total. The van der Waals surface area contributed by atoms with E-state index >= 15 is 0 Å². The number of ether oxygens (including phenoxy) is 1. The van der Waals surface area contributed by atoms with Gasteiger partial charge in [-0.25, -0.2) is 4.79 Å². The Kier molecular flexibility index (Phi) is 6.13. The van der Waals surface area contributed by atoms with Crippen LogP contribution < -0.4 is 10.6 Å². The first-order chi connectivity index (χ1) is 16.8. The van der Waals surface area contributed by atoms with Crippen LogP contribution in [0.4, 0.5) is 5.69 Å². The third-order valence-electron chi connectivity index (χ3n) is 8.06. The highest BCUT2D eigenvalue weighted by Crippen LogP contribution is 2.59. The van der Waals surface area contributed by atoms with Crippen molar-refractivity contribution >= 4 is 23.4 Å². The largest absolute Gasteiger partial charge is 0.480 e. The number of anilines is 1. The van der Waals surface area contributed by atoms with E-state index in [1.165, 1.54) is 0 Å². The van der Waals surface area contributed by atoms with E-state index in [-0.39, 0.29) is 24.1 Å². The zero-order valence-corrected chi connectivity index (χ0v) is 20.0. The summed E-state index contributed by atoms with van der Waals surface area (Å²) in [5.41, 5.74) is 0.559. The molecule has 35 heavy (non-hydrogen) atoms. The van der Waals surface area contributed by atoms with E-state index in [9.17, 15) is 19.5 Å². The first kappa shape index (κ1) is 23.5. The van der Waals surface area contributed by atoms with Crippen LogP contribution >= 0.6 is 0 Å². The number of ketones is 1. The molecule has 0 radical (unpaired) electrons. The lowest BCUT2D eigenvalue weighted by atomic mass is 9.58. The molecule has 0 spiro atoms. The Balaban J connectivity index is 1.50. The third kappa shape index (κ3) is 4.33. The number of Topliss-reactive ketones (excluding diaryl/α,β-unsaturated/α-hetero) is 1. The standard InChI is InChI=1S/C28H32N2O5/c1-27-15-7-12-23(27)29-21-11-6-5-10-20(21)24(27)28(26(33)34,30-19-13-14-19)16-22(31)25(32)35-17-18-8-3-2-4-9-18/h2-6,8-11,19,23-24,29-30H,7,12-17H2,1H3,(H,33,34)/t23-,24?,27+,28?/m1/s1. The van der Waals surface area contributed by atoms with E-state index < -0.39 is 35.6 Å². The average Bonchev–Trinajstić information content (AvgIpc) is 3.58. The molecule has 2 aromatic rings. The molecule has 3 aliphatic rings. The molecule has 184 valence electrons. The van der Waals surface area contributed by atoms with Crippen molar-refractivity contribution in [2.24, 2.45) is 5.41 Å². The van der Waals surface area contributed by atoms with Gasteiger partial charge in [-0.05, 0) is 48.3 Å². The fourth-order valence-electron chi connectivity index (χ4n) is 6.24. The van der Waals surface area contributed by atoms with Gasteiger partial charge in [0.15, 0.2) is 0 Å². The second kappa shape index (κ2) is 9.11. The van der Waals surface area contributed by atoms with Crippen LogP contribution in [-0.2, 0) is 25.7 Å². The molecule has 5 rings (SSSR count). The minimum Gasteiger partial charge on any atom is -0.480 e. The summed E-state index contributed by atoms with van der Waals surface area (Å²) in [6.45, 7) is 2.10. The lowest BCUT2D eigenvalue weighted by Crippen LogP contribution is -2.64. The molecule has 0 amide bonds. The minimum absolute atomic E-state index is 0.0183. The maximum atomic E-state index is 13.2. The van der Waals surface area contributed by atoms with E-state index in [2.05, 4.69) is 17.6 Å². The zero-order valence-electron chi connectivity index (χ0n) is 20.0. The van der Waals surface area contributed by atoms with E-state index in [4.69, 9.17) is 4.74 Å². The summed E-state index contributed by atoms with van der Waals surface area (Å²) >= 11 is 0. The van der Waals surface area contributed by atoms with E-state index in [1.807, 2.05) is 42.5 Å². The van der Waals surface area contributed by atoms with Crippen molar-refractivity contribution < 1.29 is 24.2 Å². The van der Waals surface area contributed by atoms with Gasteiger partial charge >= 0.3 is 11.9 Å². The Labute approximate surface area is 205 Å². The average molecular weight is 477 g/mol. The molecular weight excluding hydrogens is 444 g/mol. The number of benzene rings is 2. The number of aliphatic carboxylic acids is 1. The first-order valence-corrected chi connectivity index (χ1v) is 12.4. The third-order valence-corrected chi connectivity index (χ3v) is 8.06. The van der Waals surface area contributed by atoms with Crippen LogP contribution in [-0.4, -0.2) is 40.5 Å². The molecule has 2 aliphatic carbocycles. The van der Waals surface area contributed by atoms with Gasteiger partial charge in [-0.3, -0.25) is 14.9 Å². The number of rotatable bonds is 9. The van der Waals surface area contributed by atoms with Gasteiger partial charge in [-0.15, -0.1) is 0 Å². The van der Waals surface area contributed by atoms with Gasteiger partial charge in [-0.1, -0.05) is 61.9 Å². The number of hydrogen-bond acceptors (Lipinski definition) is 6. The van der Waals surface area contributed by atoms with Gasteiger partial charge in [0.2, 0.25) is 5.78 Å².